The van der Waals surface area contributed by atoms with Crippen molar-refractivity contribution in [2.45, 2.75) is 27.2 Å². The van der Waals surface area contributed by atoms with Crippen LogP contribution in [0.2, 0.25) is 0 Å². The number of hydrogen-bond acceptors (Lipinski definition) is 3. The van der Waals surface area contributed by atoms with E-state index in [0.29, 0.717) is 23.1 Å². The number of likely N-dealkylation sites (tertiary alicyclic amines) is 1. The highest BCUT2D eigenvalue weighted by Gasteiger charge is 2.26. The lowest BCUT2D eigenvalue weighted by Crippen LogP contribution is -2.42. The molecule has 5 nitrogen and oxygen atoms in total. The van der Waals surface area contributed by atoms with E-state index in [1.54, 1.807) is 6.07 Å². The van der Waals surface area contributed by atoms with Crippen LogP contribution < -0.4 is 11.1 Å². The first kappa shape index (κ1) is 16.5. The standard InChI is InChI=1S/C17H25N3O2/c1-11-6-12(2)10-20(9-11)17(22)14-5-4-13(3)15(7-14)19-16(21)8-18/h4-5,7,11-12H,6,8-10,18H2,1-3H3,(H,19,21). The van der Waals surface area contributed by atoms with E-state index in [1.165, 1.54) is 0 Å². The molecule has 1 fully saturated rings. The smallest absolute Gasteiger partial charge is 0.253 e. The minimum atomic E-state index is -0.257. The van der Waals surface area contributed by atoms with Crippen LogP contribution in [-0.4, -0.2) is 36.3 Å². The maximum Gasteiger partial charge on any atom is 0.253 e. The van der Waals surface area contributed by atoms with E-state index < -0.39 is 0 Å². The summed E-state index contributed by atoms with van der Waals surface area (Å²) in [7, 11) is 0. The highest BCUT2D eigenvalue weighted by Crippen LogP contribution is 2.24. The molecule has 1 aromatic carbocycles. The van der Waals surface area contributed by atoms with Gasteiger partial charge in [-0.25, -0.2) is 0 Å². The van der Waals surface area contributed by atoms with E-state index >= 15 is 0 Å². The molecule has 2 amide bonds. The molecule has 22 heavy (non-hydrogen) atoms. The van der Waals surface area contributed by atoms with Crippen LogP contribution in [0, 0.1) is 18.8 Å². The molecular formula is C17H25N3O2. The number of nitrogens with two attached hydrogens (primary N) is 1. The van der Waals surface area contributed by atoms with Crippen molar-refractivity contribution in [1.29, 1.82) is 0 Å². The van der Waals surface area contributed by atoms with Gasteiger partial charge in [-0.3, -0.25) is 9.59 Å². The Labute approximate surface area is 131 Å². The second-order valence-corrected chi connectivity index (χ2v) is 6.44. The van der Waals surface area contributed by atoms with Gasteiger partial charge in [-0.2, -0.15) is 0 Å². The van der Waals surface area contributed by atoms with E-state index in [-0.39, 0.29) is 18.4 Å². The van der Waals surface area contributed by atoms with Crippen LogP contribution >= 0.6 is 0 Å². The molecule has 0 saturated carbocycles. The Morgan fingerprint density at radius 3 is 2.50 bits per heavy atom. The first-order valence-corrected chi connectivity index (χ1v) is 7.80. The van der Waals surface area contributed by atoms with E-state index in [1.807, 2.05) is 24.0 Å². The predicted octanol–water partition coefficient (Wildman–Crippen LogP) is 2.01. The Morgan fingerprint density at radius 2 is 1.91 bits per heavy atom. The molecule has 1 saturated heterocycles. The summed E-state index contributed by atoms with van der Waals surface area (Å²) in [5.74, 6) is 0.818. The molecule has 3 N–H and O–H groups in total. The van der Waals surface area contributed by atoms with Gasteiger partial charge >= 0.3 is 0 Å². The molecule has 1 aromatic rings. The molecule has 0 aromatic heterocycles. The van der Waals surface area contributed by atoms with Crippen molar-refractivity contribution in [3.63, 3.8) is 0 Å². The maximum absolute atomic E-state index is 12.7. The molecule has 2 atom stereocenters. The quantitative estimate of drug-likeness (QED) is 0.897. The third-order valence-corrected chi connectivity index (χ3v) is 4.10. The summed E-state index contributed by atoms with van der Waals surface area (Å²) >= 11 is 0. The van der Waals surface area contributed by atoms with Gasteiger partial charge in [0.2, 0.25) is 5.91 Å². The Kier molecular flexibility index (Phi) is 5.19. The number of carbonyl (C=O) groups is 2. The predicted molar refractivity (Wildman–Crippen MR) is 87.7 cm³/mol. The molecular weight excluding hydrogens is 278 g/mol. The van der Waals surface area contributed by atoms with Crippen molar-refractivity contribution in [1.82, 2.24) is 4.90 Å². The van der Waals surface area contributed by atoms with Gasteiger partial charge in [0.05, 0.1) is 6.54 Å². The summed E-state index contributed by atoms with van der Waals surface area (Å²) in [5, 5.41) is 2.74. The summed E-state index contributed by atoms with van der Waals surface area (Å²) in [6, 6.07) is 5.42. The number of benzene rings is 1. The summed E-state index contributed by atoms with van der Waals surface area (Å²) in [4.78, 5) is 26.1. The van der Waals surface area contributed by atoms with Crippen LogP contribution in [0.4, 0.5) is 5.69 Å². The average molecular weight is 303 g/mol. The van der Waals surface area contributed by atoms with Crippen molar-refractivity contribution in [2.75, 3.05) is 25.0 Å². The molecule has 1 heterocycles. The van der Waals surface area contributed by atoms with Crippen molar-refractivity contribution in [2.24, 2.45) is 17.6 Å². The molecule has 2 rings (SSSR count). The number of nitrogens with zero attached hydrogens (tertiary/aromatic N) is 1. The number of amides is 2. The number of carbonyl (C=O) groups excluding carboxylic acids is 2. The second-order valence-electron chi connectivity index (χ2n) is 6.44. The zero-order valence-corrected chi connectivity index (χ0v) is 13.6. The molecule has 0 aliphatic carbocycles. The van der Waals surface area contributed by atoms with E-state index in [4.69, 9.17) is 5.73 Å². The molecule has 0 radical (unpaired) electrons. The summed E-state index contributed by atoms with van der Waals surface area (Å²) in [5.41, 5.74) is 7.51. The first-order chi connectivity index (χ1) is 10.4. The van der Waals surface area contributed by atoms with E-state index in [0.717, 1.165) is 25.1 Å². The lowest BCUT2D eigenvalue weighted by atomic mass is 9.91. The minimum Gasteiger partial charge on any atom is -0.338 e. The van der Waals surface area contributed by atoms with Gasteiger partial charge in [0, 0.05) is 24.3 Å². The van der Waals surface area contributed by atoms with E-state index in [9.17, 15) is 9.59 Å². The molecule has 0 bridgehead atoms. The molecule has 5 heteroatoms. The Hall–Kier alpha value is -1.88. The molecule has 1 aliphatic rings. The number of aryl methyl sites for hydroxylation is 1. The van der Waals surface area contributed by atoms with E-state index in [2.05, 4.69) is 19.2 Å². The van der Waals surface area contributed by atoms with Gasteiger partial charge < -0.3 is 16.0 Å². The van der Waals surface area contributed by atoms with Crippen LogP contribution in [0.1, 0.15) is 36.2 Å². The summed E-state index contributed by atoms with van der Waals surface area (Å²) in [6.07, 6.45) is 1.16. The number of nitrogens with one attached hydrogen (secondary N) is 1. The van der Waals surface area contributed by atoms with Gasteiger partial charge in [0.1, 0.15) is 0 Å². The summed E-state index contributed by atoms with van der Waals surface area (Å²) in [6.45, 7) is 7.77. The third-order valence-electron chi connectivity index (χ3n) is 4.10. The highest BCUT2D eigenvalue weighted by molar-refractivity contribution is 5.98. The van der Waals surface area contributed by atoms with Crippen molar-refractivity contribution < 1.29 is 9.59 Å². The largest absolute Gasteiger partial charge is 0.338 e. The number of anilines is 1. The number of piperidine rings is 1. The zero-order chi connectivity index (χ0) is 16.3. The summed E-state index contributed by atoms with van der Waals surface area (Å²) < 4.78 is 0. The van der Waals surface area contributed by atoms with Gasteiger partial charge in [-0.1, -0.05) is 19.9 Å². The fraction of sp³-hybridized carbons (Fsp3) is 0.529. The van der Waals surface area contributed by atoms with Gasteiger partial charge in [0.25, 0.3) is 5.91 Å². The Balaban J connectivity index is 2.19. The topological polar surface area (TPSA) is 75.4 Å². The van der Waals surface area contributed by atoms with Crippen LogP contribution in [0.25, 0.3) is 0 Å². The van der Waals surface area contributed by atoms with Crippen LogP contribution in [0.15, 0.2) is 18.2 Å². The van der Waals surface area contributed by atoms with Gasteiger partial charge in [-0.15, -0.1) is 0 Å². The Morgan fingerprint density at radius 1 is 1.27 bits per heavy atom. The fourth-order valence-electron chi connectivity index (χ4n) is 3.10. The third kappa shape index (κ3) is 3.85. The first-order valence-electron chi connectivity index (χ1n) is 7.80. The number of rotatable bonds is 3. The van der Waals surface area contributed by atoms with Crippen molar-refractivity contribution in [3.05, 3.63) is 29.3 Å². The maximum atomic E-state index is 12.7. The zero-order valence-electron chi connectivity index (χ0n) is 13.6. The lowest BCUT2D eigenvalue weighted by molar-refractivity contribution is -0.114. The average Bonchev–Trinajstić information content (AvgIpc) is 2.47. The number of hydrogen-bond donors (Lipinski definition) is 2. The SMILES string of the molecule is Cc1ccc(C(=O)N2CC(C)CC(C)C2)cc1NC(=O)CN. The Bertz CT molecular complexity index is 561. The lowest BCUT2D eigenvalue weighted by Gasteiger charge is -2.35. The van der Waals surface area contributed by atoms with Gasteiger partial charge in [-0.05, 0) is 42.9 Å². The van der Waals surface area contributed by atoms with Crippen molar-refractivity contribution >= 4 is 17.5 Å². The van der Waals surface area contributed by atoms with Gasteiger partial charge in [0.15, 0.2) is 0 Å². The van der Waals surface area contributed by atoms with Crippen LogP contribution in [0.3, 0.4) is 0 Å². The second kappa shape index (κ2) is 6.92. The van der Waals surface area contributed by atoms with Crippen LogP contribution in [-0.2, 0) is 4.79 Å². The minimum absolute atomic E-state index is 0.0293. The van der Waals surface area contributed by atoms with Crippen LogP contribution in [0.5, 0.6) is 0 Å². The fourth-order valence-corrected chi connectivity index (χ4v) is 3.10. The molecule has 1 aliphatic heterocycles. The van der Waals surface area contributed by atoms with Crippen molar-refractivity contribution in [3.8, 4) is 0 Å². The molecule has 120 valence electrons. The normalized spacial score (nSPS) is 21.5. The monoisotopic (exact) mass is 303 g/mol. The highest BCUT2D eigenvalue weighted by atomic mass is 16.2. The molecule has 0 spiro atoms. The molecule has 2 unspecified atom stereocenters.